The monoisotopic (exact) mass is 682 g/mol. The van der Waals surface area contributed by atoms with Crippen molar-refractivity contribution in [3.05, 3.63) is 59.2 Å². The Kier molecular flexibility index (Phi) is 12.6. The van der Waals surface area contributed by atoms with Crippen LogP contribution >= 0.6 is 0 Å². The second-order valence-electron chi connectivity index (χ2n) is 14.6. The number of carbonyl (C=O) groups is 1. The van der Waals surface area contributed by atoms with Gasteiger partial charge < -0.3 is 19.3 Å². The molecule has 5 rings (SSSR count). The molecule has 1 saturated carbocycles. The number of aryl methyl sites for hydroxylation is 3. The summed E-state index contributed by atoms with van der Waals surface area (Å²) in [5.74, 6) is 1.09. The van der Waals surface area contributed by atoms with E-state index >= 15 is 0 Å². The van der Waals surface area contributed by atoms with Gasteiger partial charge in [0.25, 0.3) is 0 Å². The van der Waals surface area contributed by atoms with Gasteiger partial charge in [-0.15, -0.1) is 0 Å². The van der Waals surface area contributed by atoms with E-state index in [1.54, 1.807) is 23.5 Å². The molecule has 266 valence electrons. The van der Waals surface area contributed by atoms with Crippen LogP contribution in [0.3, 0.4) is 0 Å². The molecule has 0 N–H and O–H groups in total. The summed E-state index contributed by atoms with van der Waals surface area (Å²) in [5, 5.41) is 0. The van der Waals surface area contributed by atoms with Crippen LogP contribution in [-0.4, -0.2) is 119 Å². The molecule has 0 spiro atoms. The Labute approximate surface area is 289 Å². The number of piperazine rings is 1. The van der Waals surface area contributed by atoms with E-state index in [4.69, 9.17) is 9.47 Å². The van der Waals surface area contributed by atoms with Crippen molar-refractivity contribution in [1.29, 1.82) is 0 Å². The minimum Gasteiger partial charge on any atom is -0.497 e. The van der Waals surface area contributed by atoms with Crippen molar-refractivity contribution < 1.29 is 22.7 Å². The van der Waals surface area contributed by atoms with Crippen LogP contribution in [0, 0.1) is 19.8 Å². The second-order valence-corrected chi connectivity index (χ2v) is 16.4. The highest BCUT2D eigenvalue weighted by molar-refractivity contribution is 7.89. The smallest absolute Gasteiger partial charge is 0.248 e. The first-order valence-corrected chi connectivity index (χ1v) is 19.4. The molecule has 3 aliphatic rings. The van der Waals surface area contributed by atoms with Gasteiger partial charge in [-0.25, -0.2) is 8.42 Å². The number of ether oxygens (including phenoxy) is 2. The summed E-state index contributed by atoms with van der Waals surface area (Å²) in [5.41, 5.74) is 2.99. The molecule has 2 aromatic carbocycles. The van der Waals surface area contributed by atoms with E-state index in [0.717, 1.165) is 71.2 Å². The number of nitrogens with zero attached hydrogens (tertiary/aromatic N) is 4. The van der Waals surface area contributed by atoms with Crippen LogP contribution < -0.4 is 4.74 Å². The maximum Gasteiger partial charge on any atom is 0.248 e. The highest BCUT2D eigenvalue weighted by Crippen LogP contribution is 2.41. The van der Waals surface area contributed by atoms with Crippen molar-refractivity contribution in [2.45, 2.75) is 88.1 Å². The predicted molar refractivity (Wildman–Crippen MR) is 191 cm³/mol. The summed E-state index contributed by atoms with van der Waals surface area (Å²) in [6.45, 7) is 9.51. The molecule has 2 saturated heterocycles. The number of piperidine rings is 1. The molecule has 1 amide bonds. The van der Waals surface area contributed by atoms with Gasteiger partial charge in [0.05, 0.1) is 18.6 Å². The summed E-state index contributed by atoms with van der Waals surface area (Å²) < 4.78 is 40.7. The summed E-state index contributed by atoms with van der Waals surface area (Å²) >= 11 is 0. The molecule has 1 unspecified atom stereocenters. The van der Waals surface area contributed by atoms with E-state index in [9.17, 15) is 13.2 Å². The Morgan fingerprint density at radius 3 is 2.27 bits per heavy atom. The lowest BCUT2D eigenvalue weighted by molar-refractivity contribution is -0.136. The Balaban J connectivity index is 1.13. The average Bonchev–Trinajstić information content (AvgIpc) is 3.08. The first-order chi connectivity index (χ1) is 23.0. The van der Waals surface area contributed by atoms with Crippen molar-refractivity contribution in [3.8, 4) is 5.75 Å². The third-order valence-corrected chi connectivity index (χ3v) is 13.5. The first-order valence-electron chi connectivity index (χ1n) is 18.0. The van der Waals surface area contributed by atoms with E-state index in [2.05, 4.69) is 47.2 Å². The molecule has 2 heterocycles. The quantitative estimate of drug-likeness (QED) is 0.290. The summed E-state index contributed by atoms with van der Waals surface area (Å²) in [4.78, 5) is 20.6. The predicted octanol–water partition coefficient (Wildman–Crippen LogP) is 5.14. The SMILES string of the molecule is COc1cc(C)c(S(=O)(=O)N2CCCCC2COCC(=O)N(C)CC2CCC(CCc3ccccc3)(N3CCN(C)CC3)CC2)c(C)c1. The van der Waals surface area contributed by atoms with Crippen molar-refractivity contribution in [2.75, 3.05) is 73.7 Å². The Morgan fingerprint density at radius 1 is 0.958 bits per heavy atom. The molecule has 0 aromatic heterocycles. The average molecular weight is 683 g/mol. The molecule has 2 aliphatic heterocycles. The number of hydrogen-bond donors (Lipinski definition) is 0. The van der Waals surface area contributed by atoms with Crippen LogP contribution in [0.15, 0.2) is 47.4 Å². The zero-order valence-corrected chi connectivity index (χ0v) is 30.8. The number of methoxy groups -OCH3 is 1. The minimum atomic E-state index is -3.73. The molecule has 0 radical (unpaired) electrons. The van der Waals surface area contributed by atoms with Crippen LogP contribution in [0.25, 0.3) is 0 Å². The molecule has 10 heteroatoms. The zero-order valence-electron chi connectivity index (χ0n) is 30.0. The Bertz CT molecular complexity index is 1430. The standard InChI is InChI=1S/C38H58N4O5S/c1-30-25-35(46-5)26-31(2)37(30)48(44,45)42-20-10-9-13-34(42)28-47-29-36(43)40(4)27-33-15-18-38(19-16-33,41-23-21-39(3)22-24-41)17-14-32-11-7-6-8-12-32/h6-8,11-12,25-26,33-34H,9-10,13-24,27-29H2,1-5H3. The maximum atomic E-state index is 13.9. The fourth-order valence-corrected chi connectivity index (χ4v) is 10.4. The summed E-state index contributed by atoms with van der Waals surface area (Å²) in [6.07, 6.45) is 9.36. The van der Waals surface area contributed by atoms with Gasteiger partial charge in [0, 0.05) is 57.9 Å². The molecule has 3 fully saturated rings. The van der Waals surface area contributed by atoms with Gasteiger partial charge in [-0.05, 0) is 107 Å². The first kappa shape index (κ1) is 36.8. The number of sulfonamides is 1. The minimum absolute atomic E-state index is 0.0312. The highest BCUT2D eigenvalue weighted by Gasteiger charge is 2.41. The third-order valence-electron chi connectivity index (χ3n) is 11.2. The van der Waals surface area contributed by atoms with Crippen molar-refractivity contribution in [1.82, 2.24) is 19.0 Å². The van der Waals surface area contributed by atoms with Gasteiger partial charge in [-0.1, -0.05) is 36.8 Å². The lowest BCUT2D eigenvalue weighted by Gasteiger charge is -2.51. The fourth-order valence-electron chi connectivity index (χ4n) is 8.32. The van der Waals surface area contributed by atoms with Gasteiger partial charge in [-0.3, -0.25) is 9.69 Å². The molecule has 9 nitrogen and oxygen atoms in total. The number of benzene rings is 2. The van der Waals surface area contributed by atoms with Crippen molar-refractivity contribution in [3.63, 3.8) is 0 Å². The number of hydrogen-bond acceptors (Lipinski definition) is 7. The number of rotatable bonds is 13. The molecule has 0 bridgehead atoms. The Morgan fingerprint density at radius 2 is 1.62 bits per heavy atom. The lowest BCUT2D eigenvalue weighted by Crippen LogP contribution is -2.58. The van der Waals surface area contributed by atoms with Crippen LogP contribution in [0.4, 0.5) is 0 Å². The number of amides is 1. The molecular weight excluding hydrogens is 625 g/mol. The van der Waals surface area contributed by atoms with Crippen LogP contribution in [0.1, 0.15) is 68.1 Å². The van der Waals surface area contributed by atoms with Crippen LogP contribution in [0.2, 0.25) is 0 Å². The summed E-state index contributed by atoms with van der Waals surface area (Å²) in [7, 11) is 1.96. The van der Waals surface area contributed by atoms with E-state index in [1.807, 2.05) is 25.8 Å². The topological polar surface area (TPSA) is 82.6 Å². The van der Waals surface area contributed by atoms with Gasteiger partial charge in [0.2, 0.25) is 15.9 Å². The molecule has 1 atom stereocenters. The number of likely N-dealkylation sites (N-methyl/N-ethyl adjacent to an activating group) is 2. The largest absolute Gasteiger partial charge is 0.497 e. The molecule has 1 aliphatic carbocycles. The maximum absolute atomic E-state index is 13.9. The molecule has 2 aromatic rings. The van der Waals surface area contributed by atoms with Crippen molar-refractivity contribution >= 4 is 15.9 Å². The van der Waals surface area contributed by atoms with E-state index in [0.29, 0.717) is 34.2 Å². The fraction of sp³-hybridized carbons (Fsp3) is 0.658. The lowest BCUT2D eigenvalue weighted by atomic mass is 9.72. The normalized spacial score (nSPS) is 24.8. The third kappa shape index (κ3) is 8.80. The van der Waals surface area contributed by atoms with Crippen LogP contribution in [0.5, 0.6) is 5.75 Å². The zero-order chi connectivity index (χ0) is 34.3. The Hall–Kier alpha value is -2.50. The van der Waals surface area contributed by atoms with Gasteiger partial charge >= 0.3 is 0 Å². The van der Waals surface area contributed by atoms with Crippen molar-refractivity contribution in [2.24, 2.45) is 5.92 Å². The van der Waals surface area contributed by atoms with Gasteiger partial charge in [-0.2, -0.15) is 4.31 Å². The van der Waals surface area contributed by atoms with Gasteiger partial charge in [0.15, 0.2) is 0 Å². The van der Waals surface area contributed by atoms with E-state index in [1.165, 1.54) is 24.8 Å². The van der Waals surface area contributed by atoms with Crippen LogP contribution in [-0.2, 0) is 26.0 Å². The highest BCUT2D eigenvalue weighted by atomic mass is 32.2. The van der Waals surface area contributed by atoms with Gasteiger partial charge in [0.1, 0.15) is 12.4 Å². The van der Waals surface area contributed by atoms with E-state index in [-0.39, 0.29) is 30.7 Å². The second kappa shape index (κ2) is 16.5. The summed E-state index contributed by atoms with van der Waals surface area (Å²) in [6, 6.07) is 14.1. The number of carbonyl (C=O) groups excluding carboxylic acids is 1. The molecule has 48 heavy (non-hydrogen) atoms. The molecular formula is C38H58N4O5S. The van der Waals surface area contributed by atoms with E-state index < -0.39 is 10.0 Å².